The van der Waals surface area contributed by atoms with Crippen molar-refractivity contribution in [2.45, 2.75) is 58.3 Å². The molecule has 2 heterocycles. The highest BCUT2D eigenvalue weighted by molar-refractivity contribution is 5.92. The zero-order valence-corrected chi connectivity index (χ0v) is 22.0. The molecule has 208 valence electrons. The summed E-state index contributed by atoms with van der Waals surface area (Å²) in [4.78, 5) is 29.4. The van der Waals surface area contributed by atoms with Crippen LogP contribution in [0.15, 0.2) is 60.9 Å². The van der Waals surface area contributed by atoms with Crippen LogP contribution in [-0.4, -0.2) is 46.2 Å². The first kappa shape index (κ1) is 28.2. The summed E-state index contributed by atoms with van der Waals surface area (Å²) in [5.41, 5.74) is 1.72. The van der Waals surface area contributed by atoms with E-state index in [1.807, 2.05) is 30.5 Å². The highest BCUT2D eigenvalue weighted by Gasteiger charge is 2.30. The van der Waals surface area contributed by atoms with Gasteiger partial charge in [-0.05, 0) is 54.3 Å². The second-order valence-electron chi connectivity index (χ2n) is 9.73. The van der Waals surface area contributed by atoms with E-state index in [0.717, 1.165) is 61.1 Å². The maximum Gasteiger partial charge on any atom is 0.416 e. The molecular weight excluding hydrogens is 509 g/mol. The maximum absolute atomic E-state index is 13.3. The Morgan fingerprint density at radius 3 is 2.46 bits per heavy atom. The summed E-state index contributed by atoms with van der Waals surface area (Å²) in [6.07, 6.45) is 3.67. The number of rotatable bonds is 5. The Kier molecular flexibility index (Phi) is 9.27. The van der Waals surface area contributed by atoms with Crippen LogP contribution in [0.1, 0.15) is 55.7 Å². The van der Waals surface area contributed by atoms with Crippen molar-refractivity contribution in [1.29, 1.82) is 0 Å². The fraction of sp³-hybridized carbons (Fsp3) is 0.414. The van der Waals surface area contributed by atoms with Gasteiger partial charge in [0.1, 0.15) is 5.75 Å². The van der Waals surface area contributed by atoms with Gasteiger partial charge in [0, 0.05) is 44.6 Å². The van der Waals surface area contributed by atoms with E-state index in [0.29, 0.717) is 19.6 Å². The van der Waals surface area contributed by atoms with Gasteiger partial charge in [0.2, 0.25) is 5.91 Å². The topological polar surface area (TPSA) is 67.7 Å². The lowest BCUT2D eigenvalue weighted by atomic mass is 10.0. The molecule has 0 saturated carbocycles. The van der Waals surface area contributed by atoms with Crippen LogP contribution in [0.3, 0.4) is 0 Å². The third-order valence-corrected chi connectivity index (χ3v) is 6.77. The first-order chi connectivity index (χ1) is 18.7. The van der Waals surface area contributed by atoms with E-state index in [4.69, 9.17) is 4.74 Å². The number of carbonyl (C=O) groups excluding carboxylic acids is 2. The summed E-state index contributed by atoms with van der Waals surface area (Å²) < 4.78 is 46.5. The van der Waals surface area contributed by atoms with Crippen LogP contribution >= 0.6 is 0 Å². The standard InChI is InChI=1S/C29H33F3N4O3/c1-22(37)36-16-6-4-2-3-5-14-34(28(38)21-39-26-10-7-9-25(18-26)29(30,31)32)20-24-12-11-23(17-27(24)36)19-35-15-8-13-33-35/h7-13,15,17-18H,2-6,14,16,19-21H2,1H3. The Balaban J connectivity index is 1.57. The lowest BCUT2D eigenvalue weighted by molar-refractivity contribution is -0.137. The second kappa shape index (κ2) is 12.8. The van der Waals surface area contributed by atoms with Gasteiger partial charge in [0.25, 0.3) is 5.91 Å². The predicted octanol–water partition coefficient (Wildman–Crippen LogP) is 5.67. The Bertz CT molecular complexity index is 1260. The van der Waals surface area contributed by atoms with Crippen molar-refractivity contribution < 1.29 is 27.5 Å². The van der Waals surface area contributed by atoms with E-state index < -0.39 is 11.7 Å². The number of ether oxygens (including phenoxy) is 1. The summed E-state index contributed by atoms with van der Waals surface area (Å²) >= 11 is 0. The van der Waals surface area contributed by atoms with Crippen molar-refractivity contribution in [3.8, 4) is 5.75 Å². The Hall–Kier alpha value is -3.82. The van der Waals surface area contributed by atoms with Crippen LogP contribution in [0.2, 0.25) is 0 Å². The maximum atomic E-state index is 13.3. The van der Waals surface area contributed by atoms with E-state index in [1.54, 1.807) is 27.6 Å². The number of aromatic nitrogens is 2. The quantitative estimate of drug-likeness (QED) is 0.417. The molecule has 1 aromatic heterocycles. The van der Waals surface area contributed by atoms with Crippen LogP contribution in [-0.2, 0) is 28.9 Å². The molecule has 4 rings (SSSR count). The summed E-state index contributed by atoms with van der Waals surface area (Å²) in [5, 5.41) is 4.27. The number of halogens is 3. The molecule has 39 heavy (non-hydrogen) atoms. The van der Waals surface area contributed by atoms with E-state index >= 15 is 0 Å². The molecule has 2 amide bonds. The number of anilines is 1. The molecule has 0 saturated heterocycles. The lowest BCUT2D eigenvalue weighted by Crippen LogP contribution is -2.37. The van der Waals surface area contributed by atoms with Gasteiger partial charge in [-0.3, -0.25) is 14.3 Å². The van der Waals surface area contributed by atoms with Crippen molar-refractivity contribution in [3.05, 3.63) is 77.6 Å². The van der Waals surface area contributed by atoms with Crippen LogP contribution in [0.5, 0.6) is 5.75 Å². The SMILES string of the molecule is CC(=O)N1CCCCCCCN(C(=O)COc2cccc(C(F)(F)F)c2)Cc2ccc(Cn3cccn3)cc21. The zero-order chi connectivity index (χ0) is 27.8. The van der Waals surface area contributed by atoms with Crippen LogP contribution < -0.4 is 9.64 Å². The smallest absolute Gasteiger partial charge is 0.416 e. The Morgan fingerprint density at radius 1 is 0.974 bits per heavy atom. The minimum absolute atomic E-state index is 0.0149. The van der Waals surface area contributed by atoms with E-state index in [-0.39, 0.29) is 30.7 Å². The van der Waals surface area contributed by atoms with Crippen molar-refractivity contribution in [3.63, 3.8) is 0 Å². The van der Waals surface area contributed by atoms with E-state index in [1.165, 1.54) is 12.1 Å². The van der Waals surface area contributed by atoms with Crippen LogP contribution in [0.25, 0.3) is 0 Å². The number of amides is 2. The van der Waals surface area contributed by atoms with Gasteiger partial charge in [-0.1, -0.05) is 37.5 Å². The van der Waals surface area contributed by atoms with Crippen molar-refractivity contribution >= 4 is 17.5 Å². The molecule has 2 aromatic carbocycles. The zero-order valence-electron chi connectivity index (χ0n) is 22.0. The normalized spacial score (nSPS) is 15.2. The van der Waals surface area contributed by atoms with Crippen molar-refractivity contribution in [1.82, 2.24) is 14.7 Å². The number of fused-ring (bicyclic) bond motifs is 1. The van der Waals surface area contributed by atoms with Crippen LogP contribution in [0.4, 0.5) is 18.9 Å². The number of nitrogens with zero attached hydrogens (tertiary/aromatic N) is 4. The molecule has 1 aliphatic heterocycles. The third-order valence-electron chi connectivity index (χ3n) is 6.77. The second-order valence-corrected chi connectivity index (χ2v) is 9.73. The third kappa shape index (κ3) is 7.84. The molecule has 0 atom stereocenters. The number of alkyl halides is 3. The largest absolute Gasteiger partial charge is 0.484 e. The van der Waals surface area contributed by atoms with Gasteiger partial charge in [0.15, 0.2) is 6.61 Å². The van der Waals surface area contributed by atoms with Gasteiger partial charge in [-0.2, -0.15) is 18.3 Å². The van der Waals surface area contributed by atoms with E-state index in [9.17, 15) is 22.8 Å². The highest BCUT2D eigenvalue weighted by Crippen LogP contribution is 2.31. The van der Waals surface area contributed by atoms with Gasteiger partial charge in [0.05, 0.1) is 12.1 Å². The molecule has 1 aliphatic rings. The summed E-state index contributed by atoms with van der Waals surface area (Å²) in [7, 11) is 0. The molecular formula is C29H33F3N4O3. The molecule has 0 spiro atoms. The molecule has 0 N–H and O–H groups in total. The van der Waals surface area contributed by atoms with E-state index in [2.05, 4.69) is 5.10 Å². The molecule has 0 aliphatic carbocycles. The molecule has 0 fully saturated rings. The summed E-state index contributed by atoms with van der Waals surface area (Å²) in [5.74, 6) is -0.417. The monoisotopic (exact) mass is 542 g/mol. The molecule has 0 bridgehead atoms. The molecule has 0 unspecified atom stereocenters. The Labute approximate surface area is 226 Å². The van der Waals surface area contributed by atoms with Gasteiger partial charge in [-0.25, -0.2) is 0 Å². The lowest BCUT2D eigenvalue weighted by Gasteiger charge is -2.29. The summed E-state index contributed by atoms with van der Waals surface area (Å²) in [6, 6.07) is 12.2. The van der Waals surface area contributed by atoms with Gasteiger partial charge < -0.3 is 14.5 Å². The molecule has 3 aromatic rings. The summed E-state index contributed by atoms with van der Waals surface area (Å²) in [6.45, 7) is 3.02. The van der Waals surface area contributed by atoms with Crippen molar-refractivity contribution in [2.75, 3.05) is 24.6 Å². The highest BCUT2D eigenvalue weighted by atomic mass is 19.4. The van der Waals surface area contributed by atoms with Gasteiger partial charge in [-0.15, -0.1) is 0 Å². The number of hydrogen-bond acceptors (Lipinski definition) is 4. The minimum Gasteiger partial charge on any atom is -0.484 e. The van der Waals surface area contributed by atoms with Gasteiger partial charge >= 0.3 is 6.18 Å². The number of carbonyl (C=O) groups is 2. The molecule has 7 nitrogen and oxygen atoms in total. The fourth-order valence-corrected chi connectivity index (χ4v) is 4.72. The molecule has 10 heteroatoms. The van der Waals surface area contributed by atoms with Crippen molar-refractivity contribution in [2.24, 2.45) is 0 Å². The Morgan fingerprint density at radius 2 is 1.74 bits per heavy atom. The first-order valence-electron chi connectivity index (χ1n) is 13.2. The average Bonchev–Trinajstić information content (AvgIpc) is 3.40. The number of hydrogen-bond donors (Lipinski definition) is 0. The first-order valence-corrected chi connectivity index (χ1v) is 13.2. The molecule has 0 radical (unpaired) electrons. The number of benzene rings is 2. The minimum atomic E-state index is -4.50. The van der Waals surface area contributed by atoms with Crippen LogP contribution in [0, 0.1) is 0 Å². The predicted molar refractivity (Wildman–Crippen MR) is 141 cm³/mol. The fourth-order valence-electron chi connectivity index (χ4n) is 4.72. The average molecular weight is 543 g/mol.